The zero-order chi connectivity index (χ0) is 15.3. The number of rotatable bonds is 6. The van der Waals surface area contributed by atoms with Crippen LogP contribution >= 0.6 is 0 Å². The first-order valence-corrected chi connectivity index (χ1v) is 8.12. The van der Waals surface area contributed by atoms with Gasteiger partial charge >= 0.3 is 0 Å². The van der Waals surface area contributed by atoms with Crippen LogP contribution < -0.4 is 11.1 Å². The zero-order valence-electron chi connectivity index (χ0n) is 13.3. The van der Waals surface area contributed by atoms with Crippen LogP contribution in [0, 0.1) is 11.3 Å². The molecule has 2 rings (SSSR count). The van der Waals surface area contributed by atoms with Gasteiger partial charge in [0.2, 0.25) is 5.91 Å². The summed E-state index contributed by atoms with van der Waals surface area (Å²) in [5.74, 6) is 0.797. The summed E-state index contributed by atoms with van der Waals surface area (Å²) in [7, 11) is 0. The number of nitrogens with one attached hydrogen (secondary N) is 1. The predicted octanol–water partition coefficient (Wildman–Crippen LogP) is 3.37. The van der Waals surface area contributed by atoms with Crippen LogP contribution in [0.3, 0.4) is 0 Å². The van der Waals surface area contributed by atoms with E-state index in [0.717, 1.165) is 30.4 Å². The number of benzene rings is 1. The van der Waals surface area contributed by atoms with Crippen LogP contribution in [-0.2, 0) is 17.9 Å². The molecular weight excluding hydrogens is 260 g/mol. The van der Waals surface area contributed by atoms with Crippen molar-refractivity contribution in [1.82, 2.24) is 5.32 Å². The molecule has 1 fully saturated rings. The van der Waals surface area contributed by atoms with E-state index in [4.69, 9.17) is 5.73 Å². The van der Waals surface area contributed by atoms with Gasteiger partial charge in [-0.3, -0.25) is 4.79 Å². The molecule has 1 aromatic carbocycles. The lowest BCUT2D eigenvalue weighted by Gasteiger charge is -2.29. The van der Waals surface area contributed by atoms with Crippen molar-refractivity contribution in [2.45, 2.75) is 59.0 Å². The molecule has 3 nitrogen and oxygen atoms in total. The van der Waals surface area contributed by atoms with Crippen molar-refractivity contribution in [3.63, 3.8) is 0 Å². The van der Waals surface area contributed by atoms with Crippen molar-refractivity contribution in [1.29, 1.82) is 0 Å². The zero-order valence-corrected chi connectivity index (χ0v) is 13.3. The van der Waals surface area contributed by atoms with Crippen molar-refractivity contribution in [2.24, 2.45) is 17.1 Å². The number of carbonyl (C=O) groups is 1. The van der Waals surface area contributed by atoms with Crippen LogP contribution in [0.25, 0.3) is 0 Å². The number of carbonyl (C=O) groups excluding carboxylic acids is 1. The van der Waals surface area contributed by atoms with Gasteiger partial charge in [-0.05, 0) is 36.3 Å². The van der Waals surface area contributed by atoms with Crippen LogP contribution in [0.2, 0.25) is 0 Å². The summed E-state index contributed by atoms with van der Waals surface area (Å²) in [6, 6.07) is 8.07. The second-order valence-corrected chi connectivity index (χ2v) is 6.74. The van der Waals surface area contributed by atoms with Gasteiger partial charge in [0.1, 0.15) is 0 Å². The molecule has 0 unspecified atom stereocenters. The van der Waals surface area contributed by atoms with Crippen LogP contribution in [0.4, 0.5) is 0 Å². The second kappa shape index (κ2) is 7.08. The van der Waals surface area contributed by atoms with Gasteiger partial charge in [-0.1, -0.05) is 51.0 Å². The minimum absolute atomic E-state index is 0.133. The number of nitrogens with two attached hydrogens (primary N) is 1. The Morgan fingerprint density at radius 3 is 2.43 bits per heavy atom. The highest BCUT2D eigenvalue weighted by molar-refractivity contribution is 5.82. The summed E-state index contributed by atoms with van der Waals surface area (Å²) in [5.41, 5.74) is 7.87. The van der Waals surface area contributed by atoms with Gasteiger partial charge in [0, 0.05) is 18.5 Å². The molecule has 1 saturated carbocycles. The highest BCUT2D eigenvalue weighted by atomic mass is 16.2. The average Bonchev–Trinajstić information content (AvgIpc) is 2.94. The number of amides is 1. The highest BCUT2D eigenvalue weighted by Crippen LogP contribution is 2.43. The minimum atomic E-state index is -0.133. The van der Waals surface area contributed by atoms with E-state index < -0.39 is 0 Å². The minimum Gasteiger partial charge on any atom is -0.352 e. The lowest BCUT2D eigenvalue weighted by molar-refractivity contribution is -0.132. The third kappa shape index (κ3) is 3.85. The van der Waals surface area contributed by atoms with Crippen molar-refractivity contribution in [3.8, 4) is 0 Å². The molecule has 3 heteroatoms. The fourth-order valence-electron chi connectivity index (χ4n) is 3.65. The smallest absolute Gasteiger partial charge is 0.226 e. The van der Waals surface area contributed by atoms with E-state index in [0.29, 0.717) is 19.0 Å². The molecular formula is C18H28N2O. The number of hydrogen-bond donors (Lipinski definition) is 2. The molecule has 1 aliphatic rings. The van der Waals surface area contributed by atoms with E-state index in [2.05, 4.69) is 19.2 Å². The molecule has 1 amide bonds. The van der Waals surface area contributed by atoms with Gasteiger partial charge in [0.05, 0.1) is 0 Å². The first-order valence-electron chi connectivity index (χ1n) is 8.12. The molecule has 1 aliphatic carbocycles. The molecule has 0 aliphatic heterocycles. The summed E-state index contributed by atoms with van der Waals surface area (Å²) in [4.78, 5) is 12.7. The molecule has 21 heavy (non-hydrogen) atoms. The van der Waals surface area contributed by atoms with Crippen molar-refractivity contribution < 1.29 is 4.79 Å². The summed E-state index contributed by atoms with van der Waals surface area (Å²) in [6.07, 6.45) is 5.43. The maximum Gasteiger partial charge on any atom is 0.226 e. The van der Waals surface area contributed by atoms with E-state index in [1.807, 2.05) is 24.3 Å². The Labute approximate surface area is 128 Å². The molecule has 0 atom stereocenters. The maximum atomic E-state index is 12.7. The molecule has 0 saturated heterocycles. The van der Waals surface area contributed by atoms with Gasteiger partial charge in [-0.2, -0.15) is 0 Å². The van der Waals surface area contributed by atoms with Crippen LogP contribution in [-0.4, -0.2) is 5.91 Å². The Kier molecular flexibility index (Phi) is 5.40. The Morgan fingerprint density at radius 1 is 1.24 bits per heavy atom. The fourth-order valence-corrected chi connectivity index (χ4v) is 3.65. The van der Waals surface area contributed by atoms with E-state index in [1.165, 1.54) is 12.8 Å². The molecule has 0 radical (unpaired) electrons. The first kappa shape index (κ1) is 16.0. The first-order chi connectivity index (χ1) is 10.1. The monoisotopic (exact) mass is 288 g/mol. The van der Waals surface area contributed by atoms with Gasteiger partial charge in [-0.25, -0.2) is 0 Å². The second-order valence-electron chi connectivity index (χ2n) is 6.74. The van der Waals surface area contributed by atoms with Crippen molar-refractivity contribution in [3.05, 3.63) is 35.4 Å². The van der Waals surface area contributed by atoms with Crippen LogP contribution in [0.15, 0.2) is 24.3 Å². The average molecular weight is 288 g/mol. The lowest BCUT2D eigenvalue weighted by atomic mass is 9.77. The molecule has 0 spiro atoms. The van der Waals surface area contributed by atoms with E-state index in [1.54, 1.807) is 0 Å². The molecule has 0 heterocycles. The highest BCUT2D eigenvalue weighted by Gasteiger charge is 2.41. The molecule has 1 aromatic rings. The predicted molar refractivity (Wildman–Crippen MR) is 86.5 cm³/mol. The van der Waals surface area contributed by atoms with E-state index in [9.17, 15) is 4.79 Å². The number of hydrogen-bond acceptors (Lipinski definition) is 2. The molecule has 3 N–H and O–H groups in total. The summed E-state index contributed by atoms with van der Waals surface area (Å²) >= 11 is 0. The Bertz CT molecular complexity index is 476. The Morgan fingerprint density at radius 2 is 1.86 bits per heavy atom. The lowest BCUT2D eigenvalue weighted by Crippen LogP contribution is -2.40. The summed E-state index contributed by atoms with van der Waals surface area (Å²) in [5, 5.41) is 3.17. The van der Waals surface area contributed by atoms with Crippen LogP contribution in [0.1, 0.15) is 57.1 Å². The normalized spacial score (nSPS) is 17.1. The van der Waals surface area contributed by atoms with Gasteiger partial charge < -0.3 is 11.1 Å². The summed E-state index contributed by atoms with van der Waals surface area (Å²) < 4.78 is 0. The van der Waals surface area contributed by atoms with E-state index >= 15 is 0 Å². The Balaban J connectivity index is 2.02. The van der Waals surface area contributed by atoms with Crippen LogP contribution in [0.5, 0.6) is 0 Å². The van der Waals surface area contributed by atoms with Crippen molar-refractivity contribution >= 4 is 5.91 Å². The largest absolute Gasteiger partial charge is 0.352 e. The SMILES string of the molecule is CC(C)CC1(C(=O)NCc2ccccc2CN)CCCC1. The fraction of sp³-hybridized carbons (Fsp3) is 0.611. The third-order valence-electron chi connectivity index (χ3n) is 4.62. The molecule has 116 valence electrons. The van der Waals surface area contributed by atoms with Gasteiger partial charge in [-0.15, -0.1) is 0 Å². The quantitative estimate of drug-likeness (QED) is 0.843. The standard InChI is InChI=1S/C18H28N2O/c1-14(2)11-18(9-5-6-10-18)17(21)20-13-16-8-4-3-7-15(16)12-19/h3-4,7-8,14H,5-6,9-13,19H2,1-2H3,(H,20,21). The summed E-state index contributed by atoms with van der Waals surface area (Å²) in [6.45, 7) is 5.52. The van der Waals surface area contributed by atoms with E-state index in [-0.39, 0.29) is 11.3 Å². The Hall–Kier alpha value is -1.35. The van der Waals surface area contributed by atoms with Gasteiger partial charge in [0.25, 0.3) is 0 Å². The molecule has 0 aromatic heterocycles. The topological polar surface area (TPSA) is 55.1 Å². The maximum absolute atomic E-state index is 12.7. The molecule has 0 bridgehead atoms. The van der Waals surface area contributed by atoms with Crippen molar-refractivity contribution in [2.75, 3.05) is 0 Å². The third-order valence-corrected chi connectivity index (χ3v) is 4.62. The van der Waals surface area contributed by atoms with Gasteiger partial charge in [0.15, 0.2) is 0 Å².